The van der Waals surface area contributed by atoms with Gasteiger partial charge in [-0.1, -0.05) is 24.3 Å². The molecule has 0 bridgehead atoms. The molecule has 0 aliphatic carbocycles. The van der Waals surface area contributed by atoms with Crippen molar-refractivity contribution in [2.75, 3.05) is 19.7 Å². The second-order valence-corrected chi connectivity index (χ2v) is 6.74. The molecule has 1 fully saturated rings. The van der Waals surface area contributed by atoms with Crippen molar-refractivity contribution in [1.29, 1.82) is 0 Å². The fourth-order valence-electron chi connectivity index (χ4n) is 3.17. The average Bonchev–Trinajstić information content (AvgIpc) is 2.79. The minimum Gasteiger partial charge on any atom is -0.508 e. The summed E-state index contributed by atoms with van der Waals surface area (Å²) >= 11 is 0. The summed E-state index contributed by atoms with van der Waals surface area (Å²) in [4.78, 5) is 2.29. The lowest BCUT2D eigenvalue weighted by molar-refractivity contribution is -0.0177. The van der Waals surface area contributed by atoms with Crippen LogP contribution in [0.2, 0.25) is 0 Å². The molecular formula is C20H24FNO3. The Morgan fingerprint density at radius 3 is 2.56 bits per heavy atom. The number of aromatic hydroxyl groups is 1. The quantitative estimate of drug-likeness (QED) is 0.873. The van der Waals surface area contributed by atoms with E-state index in [1.54, 1.807) is 30.3 Å². The van der Waals surface area contributed by atoms with Crippen molar-refractivity contribution < 1.29 is 19.3 Å². The van der Waals surface area contributed by atoms with E-state index in [2.05, 4.69) is 4.90 Å². The van der Waals surface area contributed by atoms with Gasteiger partial charge in [0, 0.05) is 13.1 Å². The van der Waals surface area contributed by atoms with Crippen molar-refractivity contribution in [2.45, 2.75) is 31.4 Å². The second-order valence-electron chi connectivity index (χ2n) is 6.74. The molecule has 0 radical (unpaired) electrons. The highest BCUT2D eigenvalue weighted by Crippen LogP contribution is 2.26. The summed E-state index contributed by atoms with van der Waals surface area (Å²) in [5.41, 5.74) is 0.192. The third-order valence-electron chi connectivity index (χ3n) is 4.69. The SMILES string of the molecule is Oc1ccc(CN2CCCC(O)(COc3ccccc3F)CC2)cc1. The fraction of sp³-hybridized carbons (Fsp3) is 0.400. The van der Waals surface area contributed by atoms with E-state index in [9.17, 15) is 14.6 Å². The van der Waals surface area contributed by atoms with E-state index in [0.29, 0.717) is 12.8 Å². The van der Waals surface area contributed by atoms with Gasteiger partial charge in [0.2, 0.25) is 0 Å². The van der Waals surface area contributed by atoms with Gasteiger partial charge in [-0.3, -0.25) is 4.90 Å². The number of aliphatic hydroxyl groups is 1. The van der Waals surface area contributed by atoms with Crippen LogP contribution in [0.4, 0.5) is 4.39 Å². The molecule has 3 rings (SSSR count). The average molecular weight is 345 g/mol. The van der Waals surface area contributed by atoms with E-state index in [4.69, 9.17) is 4.74 Å². The topological polar surface area (TPSA) is 52.9 Å². The smallest absolute Gasteiger partial charge is 0.165 e. The van der Waals surface area contributed by atoms with Crippen LogP contribution in [0.25, 0.3) is 0 Å². The van der Waals surface area contributed by atoms with Crippen molar-refractivity contribution in [2.24, 2.45) is 0 Å². The van der Waals surface area contributed by atoms with Gasteiger partial charge in [0.25, 0.3) is 0 Å². The van der Waals surface area contributed by atoms with Crippen LogP contribution < -0.4 is 4.74 Å². The predicted molar refractivity (Wildman–Crippen MR) is 94.1 cm³/mol. The minimum atomic E-state index is -0.939. The lowest BCUT2D eigenvalue weighted by atomic mass is 9.96. The van der Waals surface area contributed by atoms with Crippen LogP contribution in [-0.4, -0.2) is 40.4 Å². The van der Waals surface area contributed by atoms with E-state index >= 15 is 0 Å². The zero-order valence-corrected chi connectivity index (χ0v) is 14.2. The largest absolute Gasteiger partial charge is 0.508 e. The van der Waals surface area contributed by atoms with Crippen molar-refractivity contribution >= 4 is 0 Å². The standard InChI is InChI=1S/C20H24FNO3/c21-18-4-1-2-5-19(18)25-15-20(24)10-3-12-22(13-11-20)14-16-6-8-17(23)9-7-16/h1-2,4-9,23-24H,3,10-15H2. The Morgan fingerprint density at radius 1 is 1.04 bits per heavy atom. The molecule has 25 heavy (non-hydrogen) atoms. The van der Waals surface area contributed by atoms with Gasteiger partial charge in [-0.15, -0.1) is 0 Å². The fourth-order valence-corrected chi connectivity index (χ4v) is 3.17. The number of halogens is 1. The van der Waals surface area contributed by atoms with Crippen LogP contribution in [0, 0.1) is 5.82 Å². The number of ether oxygens (including phenoxy) is 1. The lowest BCUT2D eigenvalue weighted by Crippen LogP contribution is -2.37. The van der Waals surface area contributed by atoms with Gasteiger partial charge < -0.3 is 14.9 Å². The maximum Gasteiger partial charge on any atom is 0.165 e. The number of para-hydroxylation sites is 1. The summed E-state index contributed by atoms with van der Waals surface area (Å²) < 4.78 is 19.2. The molecule has 4 nitrogen and oxygen atoms in total. The molecule has 134 valence electrons. The van der Waals surface area contributed by atoms with Gasteiger partial charge in [-0.25, -0.2) is 4.39 Å². The van der Waals surface area contributed by atoms with Crippen LogP contribution in [0.15, 0.2) is 48.5 Å². The number of hydrogen-bond donors (Lipinski definition) is 2. The van der Waals surface area contributed by atoms with Gasteiger partial charge in [0.1, 0.15) is 12.4 Å². The summed E-state index contributed by atoms with van der Waals surface area (Å²) in [6.07, 6.45) is 2.07. The van der Waals surface area contributed by atoms with Gasteiger partial charge in [-0.2, -0.15) is 0 Å². The first-order valence-electron chi connectivity index (χ1n) is 8.64. The monoisotopic (exact) mass is 345 g/mol. The molecule has 5 heteroatoms. The number of hydrogen-bond acceptors (Lipinski definition) is 4. The highest BCUT2D eigenvalue weighted by atomic mass is 19.1. The molecule has 2 aromatic rings. The molecule has 2 aromatic carbocycles. The molecule has 1 aliphatic heterocycles. The maximum absolute atomic E-state index is 13.6. The van der Waals surface area contributed by atoms with Gasteiger partial charge >= 0.3 is 0 Å². The van der Waals surface area contributed by atoms with Crippen molar-refractivity contribution in [1.82, 2.24) is 4.90 Å². The van der Waals surface area contributed by atoms with E-state index in [0.717, 1.165) is 31.6 Å². The molecule has 1 saturated heterocycles. The van der Waals surface area contributed by atoms with Crippen LogP contribution in [0.5, 0.6) is 11.5 Å². The van der Waals surface area contributed by atoms with E-state index in [1.807, 2.05) is 12.1 Å². The number of likely N-dealkylation sites (tertiary alicyclic amines) is 1. The molecule has 1 unspecified atom stereocenters. The number of benzene rings is 2. The Bertz CT molecular complexity index is 692. The van der Waals surface area contributed by atoms with Gasteiger partial charge in [-0.05, 0) is 55.6 Å². The van der Waals surface area contributed by atoms with E-state index in [-0.39, 0.29) is 18.1 Å². The lowest BCUT2D eigenvalue weighted by Gasteiger charge is -2.27. The first kappa shape index (κ1) is 17.7. The summed E-state index contributed by atoms with van der Waals surface area (Å²) in [6.45, 7) is 2.52. The molecule has 1 atom stereocenters. The Hall–Kier alpha value is -2.11. The van der Waals surface area contributed by atoms with Crippen LogP contribution in [0.3, 0.4) is 0 Å². The molecule has 0 saturated carbocycles. The third-order valence-corrected chi connectivity index (χ3v) is 4.69. The van der Waals surface area contributed by atoms with Crippen molar-refractivity contribution in [3.63, 3.8) is 0 Å². The van der Waals surface area contributed by atoms with Crippen molar-refractivity contribution in [3.05, 3.63) is 59.9 Å². The van der Waals surface area contributed by atoms with Gasteiger partial charge in [0.15, 0.2) is 11.6 Å². The molecule has 2 N–H and O–H groups in total. The van der Waals surface area contributed by atoms with Crippen LogP contribution >= 0.6 is 0 Å². The zero-order valence-electron chi connectivity index (χ0n) is 14.2. The molecule has 0 aromatic heterocycles. The van der Waals surface area contributed by atoms with Crippen LogP contribution in [0.1, 0.15) is 24.8 Å². The normalized spacial score (nSPS) is 21.7. The Kier molecular flexibility index (Phi) is 5.56. The van der Waals surface area contributed by atoms with Crippen LogP contribution in [-0.2, 0) is 6.54 Å². The number of phenols is 1. The molecule has 0 spiro atoms. The Labute approximate surface area is 147 Å². The van der Waals surface area contributed by atoms with Crippen molar-refractivity contribution in [3.8, 4) is 11.5 Å². The molecule has 1 aliphatic rings. The molecular weight excluding hydrogens is 321 g/mol. The summed E-state index contributed by atoms with van der Waals surface area (Å²) in [6, 6.07) is 13.5. The molecule has 1 heterocycles. The first-order chi connectivity index (χ1) is 12.0. The zero-order chi connectivity index (χ0) is 17.7. The summed E-state index contributed by atoms with van der Waals surface area (Å²) in [5.74, 6) is 0.0362. The second kappa shape index (κ2) is 7.85. The number of rotatable bonds is 5. The molecule has 0 amide bonds. The van der Waals surface area contributed by atoms with E-state index < -0.39 is 11.4 Å². The first-order valence-corrected chi connectivity index (χ1v) is 8.64. The Balaban J connectivity index is 1.54. The Morgan fingerprint density at radius 2 is 1.80 bits per heavy atom. The summed E-state index contributed by atoms with van der Waals surface area (Å²) in [5, 5.41) is 20.2. The minimum absolute atomic E-state index is 0.0982. The highest BCUT2D eigenvalue weighted by Gasteiger charge is 2.31. The highest BCUT2D eigenvalue weighted by molar-refractivity contribution is 5.26. The maximum atomic E-state index is 13.6. The summed E-state index contributed by atoms with van der Waals surface area (Å²) in [7, 11) is 0. The third kappa shape index (κ3) is 4.94. The van der Waals surface area contributed by atoms with Gasteiger partial charge in [0.05, 0.1) is 5.60 Å². The predicted octanol–water partition coefficient (Wildman–Crippen LogP) is 3.33. The number of nitrogens with zero attached hydrogens (tertiary/aromatic N) is 1. The number of phenolic OH excluding ortho intramolecular Hbond substituents is 1. The van der Waals surface area contributed by atoms with E-state index in [1.165, 1.54) is 6.07 Å².